The normalized spacial score (nSPS) is 27.6. The van der Waals surface area contributed by atoms with E-state index in [2.05, 4.69) is 27.7 Å². The van der Waals surface area contributed by atoms with Gasteiger partial charge < -0.3 is 0 Å². The Morgan fingerprint density at radius 1 is 0.786 bits per heavy atom. The van der Waals surface area contributed by atoms with E-state index >= 15 is 0 Å². The lowest BCUT2D eigenvalue weighted by atomic mass is 9.70. The molecule has 1 aliphatic rings. The van der Waals surface area contributed by atoms with E-state index in [9.17, 15) is 4.79 Å². The summed E-state index contributed by atoms with van der Waals surface area (Å²) >= 11 is 0. The lowest BCUT2D eigenvalue weighted by Gasteiger charge is -2.32. The van der Waals surface area contributed by atoms with E-state index in [0.717, 1.165) is 12.8 Å². The summed E-state index contributed by atoms with van der Waals surface area (Å²) < 4.78 is 0. The van der Waals surface area contributed by atoms with Crippen molar-refractivity contribution in [3.8, 4) is 0 Å². The van der Waals surface area contributed by atoms with Gasteiger partial charge in [-0.1, -0.05) is 53.4 Å². The third-order valence-corrected chi connectivity index (χ3v) is 3.58. The molecule has 0 amide bonds. The van der Waals surface area contributed by atoms with Gasteiger partial charge in [0.1, 0.15) is 5.78 Å². The first kappa shape index (κ1) is 11.7. The molecule has 1 aliphatic carbocycles. The van der Waals surface area contributed by atoms with Crippen LogP contribution in [-0.2, 0) is 4.79 Å². The molecule has 0 aromatic carbocycles. The largest absolute Gasteiger partial charge is 0.299 e. The Morgan fingerprint density at radius 3 is 1.50 bits per heavy atom. The average molecular weight is 196 g/mol. The molecule has 1 nitrogen and oxygen atoms in total. The highest BCUT2D eigenvalue weighted by Gasteiger charge is 2.38. The molecule has 0 aromatic rings. The second-order valence-electron chi connectivity index (χ2n) is 6.01. The minimum atomic E-state index is -0.103. The van der Waals surface area contributed by atoms with Crippen LogP contribution in [-0.4, -0.2) is 5.78 Å². The Labute approximate surface area is 88.3 Å². The molecular weight excluding hydrogens is 172 g/mol. The monoisotopic (exact) mass is 196 g/mol. The summed E-state index contributed by atoms with van der Waals surface area (Å²) in [6.45, 7) is 8.45. The van der Waals surface area contributed by atoms with Crippen LogP contribution in [0.4, 0.5) is 0 Å². The van der Waals surface area contributed by atoms with Crippen molar-refractivity contribution in [2.45, 2.75) is 66.2 Å². The van der Waals surface area contributed by atoms with Crippen LogP contribution in [0.25, 0.3) is 0 Å². The first-order chi connectivity index (χ1) is 6.36. The van der Waals surface area contributed by atoms with Gasteiger partial charge in [0.15, 0.2) is 0 Å². The second kappa shape index (κ2) is 4.04. The maximum Gasteiger partial charge on any atom is 0.144 e. The van der Waals surface area contributed by atoms with Gasteiger partial charge in [0.2, 0.25) is 0 Å². The number of hydrogen-bond acceptors (Lipinski definition) is 1. The van der Waals surface area contributed by atoms with Crippen LogP contribution in [0.3, 0.4) is 0 Å². The van der Waals surface area contributed by atoms with E-state index in [1.54, 1.807) is 0 Å². The van der Waals surface area contributed by atoms with Gasteiger partial charge in [-0.25, -0.2) is 0 Å². The van der Waals surface area contributed by atoms with Crippen LogP contribution in [0.15, 0.2) is 0 Å². The Balaban J connectivity index is 2.83. The molecule has 0 radical (unpaired) electrons. The van der Waals surface area contributed by atoms with Crippen LogP contribution >= 0.6 is 0 Å². The molecule has 0 bridgehead atoms. The van der Waals surface area contributed by atoms with Crippen molar-refractivity contribution in [2.75, 3.05) is 0 Å². The molecule has 0 atom stereocenters. The molecule has 0 saturated heterocycles. The highest BCUT2D eigenvalue weighted by molar-refractivity contribution is 5.89. The Kier molecular flexibility index (Phi) is 3.39. The third kappa shape index (κ3) is 2.59. The summed E-state index contributed by atoms with van der Waals surface area (Å²) in [5, 5.41) is 0. The molecule has 1 saturated carbocycles. The molecule has 0 aromatic heterocycles. The number of hydrogen-bond donors (Lipinski definition) is 0. The average Bonchev–Trinajstić information content (AvgIpc) is 2.11. The van der Waals surface area contributed by atoms with E-state index in [0.29, 0.717) is 5.78 Å². The molecule has 0 N–H and O–H groups in total. The number of carbonyl (C=O) groups is 1. The zero-order valence-corrected chi connectivity index (χ0v) is 10.2. The number of ketones is 1. The first-order valence-corrected chi connectivity index (χ1v) is 5.91. The van der Waals surface area contributed by atoms with Crippen molar-refractivity contribution < 1.29 is 4.79 Å². The highest BCUT2D eigenvalue weighted by Crippen LogP contribution is 2.38. The summed E-state index contributed by atoms with van der Waals surface area (Å²) in [7, 11) is 0. The predicted octanol–water partition coefficient (Wildman–Crippen LogP) is 3.96. The molecule has 1 rings (SSSR count). The van der Waals surface area contributed by atoms with E-state index < -0.39 is 0 Å². The van der Waals surface area contributed by atoms with Gasteiger partial charge in [-0.3, -0.25) is 4.79 Å². The summed E-state index contributed by atoms with van der Waals surface area (Å²) in [4.78, 5) is 12.3. The maximum absolute atomic E-state index is 12.3. The Hall–Kier alpha value is -0.330. The summed E-state index contributed by atoms with van der Waals surface area (Å²) in [6, 6.07) is 0. The second-order valence-corrected chi connectivity index (χ2v) is 6.01. The van der Waals surface area contributed by atoms with Crippen molar-refractivity contribution in [2.24, 2.45) is 10.8 Å². The molecule has 82 valence electrons. The van der Waals surface area contributed by atoms with Gasteiger partial charge in [-0.15, -0.1) is 0 Å². The number of carbonyl (C=O) groups excluding carboxylic acids is 1. The molecule has 0 aliphatic heterocycles. The molecule has 1 fully saturated rings. The molecular formula is C13H24O. The zero-order valence-electron chi connectivity index (χ0n) is 10.2. The first-order valence-electron chi connectivity index (χ1n) is 5.91. The van der Waals surface area contributed by atoms with Crippen molar-refractivity contribution in [3.63, 3.8) is 0 Å². The van der Waals surface area contributed by atoms with Crippen molar-refractivity contribution in [3.05, 3.63) is 0 Å². The molecule has 0 spiro atoms. The van der Waals surface area contributed by atoms with Crippen LogP contribution in [0.5, 0.6) is 0 Å². The summed E-state index contributed by atoms with van der Waals surface area (Å²) in [5.41, 5.74) is -0.207. The van der Waals surface area contributed by atoms with Crippen molar-refractivity contribution >= 4 is 5.78 Å². The lowest BCUT2D eigenvalue weighted by molar-refractivity contribution is -0.136. The number of rotatable bonds is 0. The number of Topliss-reactive ketones (excluding diaryl/α,β-unsaturated/α-hetero) is 1. The van der Waals surface area contributed by atoms with Crippen LogP contribution in [0.2, 0.25) is 0 Å². The SMILES string of the molecule is CC1(C)CCCCCCC(C)(C)C1=O. The quantitative estimate of drug-likeness (QED) is 0.573. The van der Waals surface area contributed by atoms with E-state index in [-0.39, 0.29) is 10.8 Å². The van der Waals surface area contributed by atoms with Gasteiger partial charge in [-0.05, 0) is 12.8 Å². The van der Waals surface area contributed by atoms with Gasteiger partial charge in [0, 0.05) is 10.8 Å². The smallest absolute Gasteiger partial charge is 0.144 e. The zero-order chi connectivity index (χ0) is 10.8. The molecule has 0 heterocycles. The summed E-state index contributed by atoms with van der Waals surface area (Å²) in [6.07, 6.45) is 7.16. The van der Waals surface area contributed by atoms with Gasteiger partial charge in [-0.2, -0.15) is 0 Å². The van der Waals surface area contributed by atoms with Gasteiger partial charge >= 0.3 is 0 Å². The lowest BCUT2D eigenvalue weighted by Crippen LogP contribution is -2.36. The fraction of sp³-hybridized carbons (Fsp3) is 0.923. The van der Waals surface area contributed by atoms with Crippen molar-refractivity contribution in [1.29, 1.82) is 0 Å². The third-order valence-electron chi connectivity index (χ3n) is 3.58. The highest BCUT2D eigenvalue weighted by atomic mass is 16.1. The van der Waals surface area contributed by atoms with Crippen LogP contribution in [0, 0.1) is 10.8 Å². The standard InChI is InChI=1S/C13H24O/c1-12(2)9-7-5-6-8-10-13(3,4)11(12)14/h5-10H2,1-4H3. The van der Waals surface area contributed by atoms with E-state index in [1.165, 1.54) is 25.7 Å². The Bertz CT molecular complexity index is 191. The summed E-state index contributed by atoms with van der Waals surface area (Å²) in [5.74, 6) is 0.465. The van der Waals surface area contributed by atoms with E-state index in [1.807, 2.05) is 0 Å². The molecule has 1 heteroatoms. The minimum Gasteiger partial charge on any atom is -0.299 e. The fourth-order valence-electron chi connectivity index (χ4n) is 2.63. The predicted molar refractivity (Wildman–Crippen MR) is 60.3 cm³/mol. The fourth-order valence-corrected chi connectivity index (χ4v) is 2.63. The van der Waals surface area contributed by atoms with Crippen molar-refractivity contribution in [1.82, 2.24) is 0 Å². The van der Waals surface area contributed by atoms with Crippen LogP contribution < -0.4 is 0 Å². The minimum absolute atomic E-state index is 0.103. The topological polar surface area (TPSA) is 17.1 Å². The molecule has 0 unspecified atom stereocenters. The Morgan fingerprint density at radius 2 is 1.14 bits per heavy atom. The molecule has 14 heavy (non-hydrogen) atoms. The van der Waals surface area contributed by atoms with E-state index in [4.69, 9.17) is 0 Å². The van der Waals surface area contributed by atoms with Gasteiger partial charge in [0.05, 0.1) is 0 Å². The maximum atomic E-state index is 12.3. The van der Waals surface area contributed by atoms with Gasteiger partial charge in [0.25, 0.3) is 0 Å². The van der Waals surface area contributed by atoms with Crippen LogP contribution in [0.1, 0.15) is 66.2 Å².